The predicted octanol–water partition coefficient (Wildman–Crippen LogP) is 1.97. The second kappa shape index (κ2) is 5.54. The zero-order valence-electron chi connectivity index (χ0n) is 15.7. The van der Waals surface area contributed by atoms with E-state index in [1.165, 1.54) is 0 Å². The van der Waals surface area contributed by atoms with Crippen LogP contribution in [0.3, 0.4) is 0 Å². The Kier molecular flexibility index (Phi) is 3.23. The summed E-state index contributed by atoms with van der Waals surface area (Å²) in [7, 11) is 0. The van der Waals surface area contributed by atoms with Gasteiger partial charge in [0.2, 0.25) is 5.91 Å². The molecule has 0 radical (unpaired) electrons. The van der Waals surface area contributed by atoms with Crippen molar-refractivity contribution < 1.29 is 23.9 Å². The van der Waals surface area contributed by atoms with Crippen LogP contribution in [0.25, 0.3) is 0 Å². The number of esters is 1. The number of rotatable bonds is 1. The second-order valence-corrected chi connectivity index (χ2v) is 8.21. The largest absolute Gasteiger partial charge is 0.425 e. The summed E-state index contributed by atoms with van der Waals surface area (Å²) in [6.45, 7) is 1.69. The zero-order chi connectivity index (χ0) is 19.8. The number of ketones is 1. The van der Waals surface area contributed by atoms with Crippen molar-refractivity contribution in [2.24, 2.45) is 10.8 Å². The molecule has 3 atom stereocenters. The van der Waals surface area contributed by atoms with Gasteiger partial charge in [-0.3, -0.25) is 14.4 Å². The fourth-order valence-corrected chi connectivity index (χ4v) is 5.81. The molecule has 6 heteroatoms. The summed E-state index contributed by atoms with van der Waals surface area (Å²) < 4.78 is 11.0. The summed E-state index contributed by atoms with van der Waals surface area (Å²) in [6.07, 6.45) is 0.381. The minimum atomic E-state index is -1.49. The molecule has 6 nitrogen and oxygen atoms in total. The first-order chi connectivity index (χ1) is 14.1. The maximum absolute atomic E-state index is 13.8. The fourth-order valence-electron chi connectivity index (χ4n) is 5.81. The minimum Gasteiger partial charge on any atom is -0.425 e. The monoisotopic (exact) mass is 389 g/mol. The van der Waals surface area contributed by atoms with Gasteiger partial charge in [0.25, 0.3) is 0 Å². The van der Waals surface area contributed by atoms with E-state index in [-0.39, 0.29) is 11.7 Å². The van der Waals surface area contributed by atoms with E-state index in [1.54, 1.807) is 23.1 Å². The number of para-hydroxylation sites is 1. The van der Waals surface area contributed by atoms with Crippen LogP contribution in [0.5, 0.6) is 5.75 Å². The first kappa shape index (κ1) is 16.9. The van der Waals surface area contributed by atoms with Crippen LogP contribution in [0.2, 0.25) is 0 Å². The third-order valence-corrected chi connectivity index (χ3v) is 7.07. The molecule has 146 valence electrons. The molecule has 0 N–H and O–H groups in total. The summed E-state index contributed by atoms with van der Waals surface area (Å²) in [5.74, 6) is -1.06. The molecule has 2 aliphatic carbocycles. The maximum atomic E-state index is 13.8. The SMILES string of the molecule is O=C1Oc2ccccc2[C@@H]2[C@@]1(C(=O)N1CCOCC1)[C@@]21Cc2ccccc2C1=O. The van der Waals surface area contributed by atoms with E-state index in [2.05, 4.69) is 0 Å². The average molecular weight is 389 g/mol. The van der Waals surface area contributed by atoms with Crippen molar-refractivity contribution in [1.29, 1.82) is 0 Å². The molecule has 2 aromatic rings. The number of hydrogen-bond acceptors (Lipinski definition) is 5. The van der Waals surface area contributed by atoms with E-state index >= 15 is 0 Å². The van der Waals surface area contributed by atoms with Crippen LogP contribution >= 0.6 is 0 Å². The summed E-state index contributed by atoms with van der Waals surface area (Å²) in [5, 5.41) is 0. The lowest BCUT2D eigenvalue weighted by Gasteiger charge is -2.32. The lowest BCUT2D eigenvalue weighted by Crippen LogP contribution is -2.51. The number of carbonyl (C=O) groups is 3. The fraction of sp³-hybridized carbons (Fsp3) is 0.348. The Morgan fingerprint density at radius 3 is 2.52 bits per heavy atom. The van der Waals surface area contributed by atoms with Crippen molar-refractivity contribution >= 4 is 17.7 Å². The summed E-state index contributed by atoms with van der Waals surface area (Å²) in [5.41, 5.74) is -0.313. The standard InChI is InChI=1S/C23H19NO5/c25-19-15-6-2-1-5-14(15)13-22(19)18-16-7-3-4-8-17(16)29-21(27)23(18,22)20(26)24-9-11-28-12-10-24/h1-8,18H,9-13H2/t18-,22-,23-/m0/s1. The van der Waals surface area contributed by atoms with Gasteiger partial charge in [-0.25, -0.2) is 0 Å². The summed E-state index contributed by atoms with van der Waals surface area (Å²) >= 11 is 0. The van der Waals surface area contributed by atoms with Crippen LogP contribution in [0.1, 0.15) is 27.4 Å². The normalized spacial score (nSPS) is 31.7. The molecule has 2 aromatic carbocycles. The molecule has 1 saturated carbocycles. The minimum absolute atomic E-state index is 0.117. The van der Waals surface area contributed by atoms with Crippen LogP contribution in [0.15, 0.2) is 48.5 Å². The highest BCUT2D eigenvalue weighted by Gasteiger charge is 2.91. The topological polar surface area (TPSA) is 72.9 Å². The molecule has 29 heavy (non-hydrogen) atoms. The predicted molar refractivity (Wildman–Crippen MR) is 102 cm³/mol. The molecule has 2 aliphatic heterocycles. The quantitative estimate of drug-likeness (QED) is 0.424. The third kappa shape index (κ3) is 1.83. The van der Waals surface area contributed by atoms with E-state index < -0.39 is 22.7 Å². The van der Waals surface area contributed by atoms with Crippen LogP contribution in [-0.4, -0.2) is 48.9 Å². The first-order valence-corrected chi connectivity index (χ1v) is 9.93. The molecule has 1 saturated heterocycles. The Morgan fingerprint density at radius 1 is 1.00 bits per heavy atom. The number of carbonyl (C=O) groups excluding carboxylic acids is 3. The Labute approximate surface area is 167 Å². The van der Waals surface area contributed by atoms with Gasteiger partial charge in [0.15, 0.2) is 11.2 Å². The molecule has 2 fully saturated rings. The summed E-state index contributed by atoms with van der Waals surface area (Å²) in [4.78, 5) is 42.6. The number of benzene rings is 2. The molecule has 6 rings (SSSR count). The number of amides is 1. The van der Waals surface area contributed by atoms with Gasteiger partial charge in [-0.2, -0.15) is 0 Å². The molecule has 1 spiro atoms. The molecule has 0 aromatic heterocycles. The number of fused-ring (bicyclic) bond motifs is 6. The highest BCUT2D eigenvalue weighted by atomic mass is 16.5. The van der Waals surface area contributed by atoms with E-state index in [4.69, 9.17) is 9.47 Å². The van der Waals surface area contributed by atoms with Gasteiger partial charge < -0.3 is 14.4 Å². The third-order valence-electron chi connectivity index (χ3n) is 7.07. The Bertz CT molecular complexity index is 1090. The van der Waals surface area contributed by atoms with Crippen LogP contribution in [0, 0.1) is 10.8 Å². The van der Waals surface area contributed by atoms with Crippen molar-refractivity contribution in [3.05, 3.63) is 65.2 Å². The van der Waals surface area contributed by atoms with Crippen molar-refractivity contribution in [2.45, 2.75) is 12.3 Å². The van der Waals surface area contributed by atoms with Crippen molar-refractivity contribution in [1.82, 2.24) is 4.90 Å². The van der Waals surface area contributed by atoms with E-state index in [0.717, 1.165) is 11.1 Å². The number of morpholine rings is 1. The Hall–Kier alpha value is -2.99. The Balaban J connectivity index is 1.56. The van der Waals surface area contributed by atoms with E-state index in [9.17, 15) is 14.4 Å². The van der Waals surface area contributed by atoms with Crippen LogP contribution < -0.4 is 4.74 Å². The molecule has 0 bridgehead atoms. The van der Waals surface area contributed by atoms with Crippen molar-refractivity contribution in [2.75, 3.05) is 26.3 Å². The number of hydrogen-bond donors (Lipinski definition) is 0. The molecule has 1 amide bonds. The average Bonchev–Trinajstić information content (AvgIpc) is 3.28. The second-order valence-electron chi connectivity index (χ2n) is 8.21. The first-order valence-electron chi connectivity index (χ1n) is 9.93. The van der Waals surface area contributed by atoms with Crippen molar-refractivity contribution in [3.63, 3.8) is 0 Å². The van der Waals surface area contributed by atoms with Gasteiger partial charge in [-0.1, -0.05) is 42.5 Å². The molecule has 4 aliphatic rings. The van der Waals surface area contributed by atoms with Gasteiger partial charge >= 0.3 is 5.97 Å². The molecular weight excluding hydrogens is 370 g/mol. The number of Topliss-reactive ketones (excluding diaryl/α,β-unsaturated/α-hetero) is 1. The van der Waals surface area contributed by atoms with Gasteiger partial charge in [-0.05, 0) is 18.1 Å². The maximum Gasteiger partial charge on any atom is 0.328 e. The van der Waals surface area contributed by atoms with Gasteiger partial charge in [0.1, 0.15) is 5.75 Å². The molecule has 0 unspecified atom stereocenters. The van der Waals surface area contributed by atoms with E-state index in [0.29, 0.717) is 44.0 Å². The highest BCUT2D eigenvalue weighted by molar-refractivity contribution is 6.23. The van der Waals surface area contributed by atoms with Gasteiger partial charge in [-0.15, -0.1) is 0 Å². The zero-order valence-corrected chi connectivity index (χ0v) is 15.7. The molecular formula is C23H19NO5. The van der Waals surface area contributed by atoms with E-state index in [1.807, 2.05) is 30.3 Å². The number of ether oxygens (including phenoxy) is 2. The highest BCUT2D eigenvalue weighted by Crippen LogP contribution is 2.81. The smallest absolute Gasteiger partial charge is 0.328 e. The lowest BCUT2D eigenvalue weighted by molar-refractivity contribution is -0.156. The van der Waals surface area contributed by atoms with Crippen LogP contribution in [0.4, 0.5) is 0 Å². The number of nitrogens with zero attached hydrogens (tertiary/aromatic N) is 1. The van der Waals surface area contributed by atoms with Gasteiger partial charge in [0, 0.05) is 30.1 Å². The summed E-state index contributed by atoms with van der Waals surface area (Å²) in [6, 6.07) is 14.7. The van der Waals surface area contributed by atoms with Gasteiger partial charge in [0.05, 0.1) is 18.6 Å². The molecule has 2 heterocycles. The Morgan fingerprint density at radius 2 is 1.72 bits per heavy atom. The lowest BCUT2D eigenvalue weighted by atomic mass is 9.87. The van der Waals surface area contributed by atoms with Crippen molar-refractivity contribution in [3.8, 4) is 5.75 Å². The van der Waals surface area contributed by atoms with Crippen LogP contribution in [-0.2, 0) is 20.7 Å².